The average Bonchev–Trinajstić information content (AvgIpc) is 2.48. The van der Waals surface area contributed by atoms with Crippen molar-refractivity contribution in [1.82, 2.24) is 4.90 Å². The van der Waals surface area contributed by atoms with Gasteiger partial charge in [-0.25, -0.2) is 4.79 Å². The summed E-state index contributed by atoms with van der Waals surface area (Å²) in [5.74, 6) is 0.724. The fourth-order valence-electron chi connectivity index (χ4n) is 2.21. The first-order chi connectivity index (χ1) is 10.0. The van der Waals surface area contributed by atoms with Crippen molar-refractivity contribution in [3.8, 4) is 11.5 Å². The maximum atomic E-state index is 10.8. The number of piperidine rings is 1. The van der Waals surface area contributed by atoms with Gasteiger partial charge in [0, 0.05) is 32.0 Å². The number of rotatable bonds is 4. The minimum atomic E-state index is -0.929. The van der Waals surface area contributed by atoms with Crippen LogP contribution in [0.1, 0.15) is 12.8 Å². The third-order valence-electron chi connectivity index (χ3n) is 3.36. The standard InChI is InChI=1S/C13H16N2O6/c1-20-12-8-9(15(18)19)2-3-11(12)21-10-4-6-14(7-5-10)13(16)17/h2-3,8,10H,4-7H2,1H3,(H,16,17). The third-order valence-corrected chi connectivity index (χ3v) is 3.36. The van der Waals surface area contributed by atoms with Crippen LogP contribution in [0, 0.1) is 10.1 Å². The molecule has 1 aliphatic heterocycles. The molecule has 21 heavy (non-hydrogen) atoms. The average molecular weight is 296 g/mol. The van der Waals surface area contributed by atoms with Gasteiger partial charge in [0.25, 0.3) is 5.69 Å². The number of carboxylic acid groups (broad SMARTS) is 1. The number of carbonyl (C=O) groups is 1. The fraction of sp³-hybridized carbons (Fsp3) is 0.462. The summed E-state index contributed by atoms with van der Waals surface area (Å²) in [6.45, 7) is 0.824. The highest BCUT2D eigenvalue weighted by Gasteiger charge is 2.24. The molecule has 1 aromatic rings. The topological polar surface area (TPSA) is 102 Å². The highest BCUT2D eigenvalue weighted by atomic mass is 16.6. The van der Waals surface area contributed by atoms with Crippen molar-refractivity contribution in [2.24, 2.45) is 0 Å². The first kappa shape index (κ1) is 14.9. The summed E-state index contributed by atoms with van der Waals surface area (Å²) in [4.78, 5) is 22.4. The number of nitrogens with zero attached hydrogens (tertiary/aromatic N) is 2. The maximum Gasteiger partial charge on any atom is 0.407 e. The Balaban J connectivity index is 2.03. The van der Waals surface area contributed by atoms with Crippen LogP contribution in [0.3, 0.4) is 0 Å². The van der Waals surface area contributed by atoms with Crippen molar-refractivity contribution in [3.05, 3.63) is 28.3 Å². The molecule has 1 aliphatic rings. The summed E-state index contributed by atoms with van der Waals surface area (Å²) in [6, 6.07) is 4.16. The summed E-state index contributed by atoms with van der Waals surface area (Å²) in [7, 11) is 1.42. The molecule has 1 aromatic carbocycles. The van der Waals surface area contributed by atoms with Gasteiger partial charge in [0.1, 0.15) is 6.10 Å². The van der Waals surface area contributed by atoms with E-state index in [0.717, 1.165) is 0 Å². The molecule has 0 unspecified atom stereocenters. The van der Waals surface area contributed by atoms with Crippen molar-refractivity contribution in [3.63, 3.8) is 0 Å². The van der Waals surface area contributed by atoms with E-state index in [-0.39, 0.29) is 11.8 Å². The highest BCUT2D eigenvalue weighted by Crippen LogP contribution is 2.33. The molecule has 0 spiro atoms. The van der Waals surface area contributed by atoms with E-state index in [2.05, 4.69) is 0 Å². The number of amides is 1. The lowest BCUT2D eigenvalue weighted by Gasteiger charge is -2.30. The molecular formula is C13H16N2O6. The van der Waals surface area contributed by atoms with Crippen LogP contribution in [0.5, 0.6) is 11.5 Å². The van der Waals surface area contributed by atoms with Crippen LogP contribution in [-0.2, 0) is 0 Å². The summed E-state index contributed by atoms with van der Waals surface area (Å²) in [6.07, 6.45) is 0.0936. The Bertz CT molecular complexity index is 539. The second kappa shape index (κ2) is 6.29. The summed E-state index contributed by atoms with van der Waals surface area (Å²) >= 11 is 0. The van der Waals surface area contributed by atoms with Gasteiger partial charge in [0.05, 0.1) is 18.1 Å². The fourth-order valence-corrected chi connectivity index (χ4v) is 2.21. The van der Waals surface area contributed by atoms with Gasteiger partial charge < -0.3 is 19.5 Å². The summed E-state index contributed by atoms with van der Waals surface area (Å²) in [5.41, 5.74) is -0.0695. The number of benzene rings is 1. The number of nitro benzene ring substituents is 1. The van der Waals surface area contributed by atoms with Crippen LogP contribution in [0.4, 0.5) is 10.5 Å². The normalized spacial score (nSPS) is 15.6. The summed E-state index contributed by atoms with van der Waals surface area (Å²) < 4.78 is 10.9. The van der Waals surface area contributed by atoms with Crippen LogP contribution >= 0.6 is 0 Å². The first-order valence-electron chi connectivity index (χ1n) is 6.48. The van der Waals surface area contributed by atoms with Gasteiger partial charge in [0.15, 0.2) is 11.5 Å². The lowest BCUT2D eigenvalue weighted by atomic mass is 10.1. The second-order valence-corrected chi connectivity index (χ2v) is 4.68. The molecule has 1 amide bonds. The highest BCUT2D eigenvalue weighted by molar-refractivity contribution is 5.65. The number of ether oxygens (including phenoxy) is 2. The Morgan fingerprint density at radius 1 is 1.38 bits per heavy atom. The molecule has 0 aliphatic carbocycles. The number of hydrogen-bond acceptors (Lipinski definition) is 5. The SMILES string of the molecule is COc1cc([N+](=O)[O-])ccc1OC1CCN(C(=O)O)CC1. The largest absolute Gasteiger partial charge is 0.493 e. The van der Waals surface area contributed by atoms with Crippen molar-refractivity contribution in [2.45, 2.75) is 18.9 Å². The van der Waals surface area contributed by atoms with Crippen LogP contribution in [-0.4, -0.2) is 47.3 Å². The zero-order valence-electron chi connectivity index (χ0n) is 11.5. The van der Waals surface area contributed by atoms with Gasteiger partial charge in [-0.2, -0.15) is 0 Å². The number of non-ortho nitro benzene ring substituents is 1. The maximum absolute atomic E-state index is 10.8. The Hall–Kier alpha value is -2.51. The van der Waals surface area contributed by atoms with Gasteiger partial charge in [-0.1, -0.05) is 0 Å². The number of likely N-dealkylation sites (tertiary alicyclic amines) is 1. The molecule has 8 heteroatoms. The summed E-state index contributed by atoms with van der Waals surface area (Å²) in [5, 5.41) is 19.6. The minimum absolute atomic E-state index is 0.0695. The Morgan fingerprint density at radius 2 is 2.05 bits per heavy atom. The molecule has 1 heterocycles. The van der Waals surface area contributed by atoms with Crippen molar-refractivity contribution < 1.29 is 24.3 Å². The van der Waals surface area contributed by atoms with Crippen LogP contribution in [0.15, 0.2) is 18.2 Å². The lowest BCUT2D eigenvalue weighted by molar-refractivity contribution is -0.385. The van der Waals surface area contributed by atoms with E-state index in [1.807, 2.05) is 0 Å². The molecular weight excluding hydrogens is 280 g/mol. The van der Waals surface area contributed by atoms with E-state index in [4.69, 9.17) is 14.6 Å². The minimum Gasteiger partial charge on any atom is -0.493 e. The Kier molecular flexibility index (Phi) is 4.46. The van der Waals surface area contributed by atoms with Crippen LogP contribution < -0.4 is 9.47 Å². The van der Waals surface area contributed by atoms with Gasteiger partial charge in [-0.3, -0.25) is 10.1 Å². The second-order valence-electron chi connectivity index (χ2n) is 4.68. The number of hydrogen-bond donors (Lipinski definition) is 1. The zero-order chi connectivity index (χ0) is 15.4. The molecule has 0 atom stereocenters. The number of nitro groups is 1. The lowest BCUT2D eigenvalue weighted by Crippen LogP contribution is -2.41. The van der Waals surface area contributed by atoms with Crippen molar-refractivity contribution in [1.29, 1.82) is 0 Å². The molecule has 1 N–H and O–H groups in total. The van der Waals surface area contributed by atoms with Gasteiger partial charge >= 0.3 is 6.09 Å². The molecule has 2 rings (SSSR count). The third kappa shape index (κ3) is 3.53. The van der Waals surface area contributed by atoms with Crippen LogP contribution in [0.25, 0.3) is 0 Å². The molecule has 0 bridgehead atoms. The number of methoxy groups -OCH3 is 1. The van der Waals surface area contributed by atoms with Crippen molar-refractivity contribution >= 4 is 11.8 Å². The molecule has 0 saturated carbocycles. The quantitative estimate of drug-likeness (QED) is 0.674. The first-order valence-corrected chi connectivity index (χ1v) is 6.48. The van der Waals surface area contributed by atoms with Crippen molar-refractivity contribution in [2.75, 3.05) is 20.2 Å². The van der Waals surface area contributed by atoms with E-state index < -0.39 is 11.0 Å². The Labute approximate surface area is 121 Å². The molecule has 1 saturated heterocycles. The van der Waals surface area contributed by atoms with Crippen LogP contribution in [0.2, 0.25) is 0 Å². The molecule has 8 nitrogen and oxygen atoms in total. The predicted octanol–water partition coefficient (Wildman–Crippen LogP) is 2.12. The van der Waals surface area contributed by atoms with E-state index in [0.29, 0.717) is 37.4 Å². The zero-order valence-corrected chi connectivity index (χ0v) is 11.5. The molecule has 114 valence electrons. The molecule has 1 fully saturated rings. The van der Waals surface area contributed by atoms with Gasteiger partial charge in [-0.05, 0) is 6.07 Å². The van der Waals surface area contributed by atoms with E-state index in [9.17, 15) is 14.9 Å². The van der Waals surface area contributed by atoms with Gasteiger partial charge in [0.2, 0.25) is 0 Å². The van der Waals surface area contributed by atoms with Gasteiger partial charge in [-0.15, -0.1) is 0 Å². The predicted molar refractivity (Wildman–Crippen MR) is 72.9 cm³/mol. The Morgan fingerprint density at radius 3 is 2.57 bits per heavy atom. The molecule has 0 aromatic heterocycles. The smallest absolute Gasteiger partial charge is 0.407 e. The van der Waals surface area contributed by atoms with E-state index in [1.165, 1.54) is 30.2 Å². The van der Waals surface area contributed by atoms with E-state index >= 15 is 0 Å². The molecule has 0 radical (unpaired) electrons. The monoisotopic (exact) mass is 296 g/mol. The van der Waals surface area contributed by atoms with E-state index in [1.54, 1.807) is 0 Å².